The second-order valence-corrected chi connectivity index (χ2v) is 10.8. The molecular weight excluding hydrogens is 410 g/mol. The van der Waals surface area contributed by atoms with Crippen LogP contribution in [0.4, 0.5) is 0 Å². The van der Waals surface area contributed by atoms with Gasteiger partial charge in [0.05, 0.1) is 0 Å². The first kappa shape index (κ1) is 34.4. The largest absolute Gasteiger partial charge is 0.325 e. The molecule has 196 valence electrons. The van der Waals surface area contributed by atoms with Gasteiger partial charge in [0.2, 0.25) is 0 Å². The highest BCUT2D eigenvalue weighted by Crippen LogP contribution is 2.32. The lowest BCUT2D eigenvalue weighted by molar-refractivity contribution is 0.220. The topological polar surface area (TPSA) is 26.0 Å². The molecule has 0 bridgehead atoms. The van der Waals surface area contributed by atoms with E-state index < -0.39 is 0 Å². The molecule has 0 saturated heterocycles. The molecule has 1 unspecified atom stereocenters. The zero-order valence-electron chi connectivity index (χ0n) is 23.0. The van der Waals surface area contributed by atoms with Gasteiger partial charge in [0.15, 0.2) is 0 Å². The van der Waals surface area contributed by atoms with Crippen molar-refractivity contribution in [2.75, 3.05) is 0 Å². The van der Waals surface area contributed by atoms with Crippen molar-refractivity contribution in [3.8, 4) is 0 Å². The van der Waals surface area contributed by atoms with E-state index in [-0.39, 0.29) is 17.9 Å². The lowest BCUT2D eigenvalue weighted by atomic mass is 9.75. The Bertz CT molecular complexity index is 326. The summed E-state index contributed by atoms with van der Waals surface area (Å²) >= 11 is 0. The molecule has 0 saturated carbocycles. The van der Waals surface area contributed by atoms with Gasteiger partial charge in [-0.25, -0.2) is 0 Å². The van der Waals surface area contributed by atoms with Crippen LogP contribution in [0.2, 0.25) is 0 Å². The average molecular weight is 474 g/mol. The summed E-state index contributed by atoms with van der Waals surface area (Å²) in [6.07, 6.45) is 33.3. The molecule has 1 nitrogen and oxygen atoms in total. The van der Waals surface area contributed by atoms with Gasteiger partial charge in [-0.15, -0.1) is 12.4 Å². The van der Waals surface area contributed by atoms with E-state index in [1.54, 1.807) is 0 Å². The van der Waals surface area contributed by atoms with Crippen LogP contribution in [0.25, 0.3) is 0 Å². The van der Waals surface area contributed by atoms with Gasteiger partial charge in [0, 0.05) is 5.54 Å². The zero-order valence-corrected chi connectivity index (χ0v) is 23.9. The van der Waals surface area contributed by atoms with Crippen LogP contribution in [-0.2, 0) is 0 Å². The number of nitrogens with two attached hydrogens (primary N) is 1. The molecule has 0 spiro atoms. The van der Waals surface area contributed by atoms with Crippen LogP contribution in [0.15, 0.2) is 0 Å². The molecule has 1 atom stereocenters. The van der Waals surface area contributed by atoms with Crippen LogP contribution in [0.1, 0.15) is 182 Å². The van der Waals surface area contributed by atoms with Gasteiger partial charge < -0.3 is 5.73 Å². The van der Waals surface area contributed by atoms with Crippen molar-refractivity contribution in [1.29, 1.82) is 0 Å². The van der Waals surface area contributed by atoms with Crippen molar-refractivity contribution >= 4 is 12.4 Å². The summed E-state index contributed by atoms with van der Waals surface area (Å²) in [6, 6.07) is 0. The molecule has 0 aliphatic carbocycles. The maximum absolute atomic E-state index is 7.15. The lowest BCUT2D eigenvalue weighted by Crippen LogP contribution is -2.46. The molecule has 0 fully saturated rings. The Morgan fingerprint density at radius 1 is 0.469 bits per heavy atom. The molecule has 0 aliphatic rings. The van der Waals surface area contributed by atoms with E-state index in [4.69, 9.17) is 5.73 Å². The number of halogens is 1. The van der Waals surface area contributed by atoms with Gasteiger partial charge in [-0.05, 0) is 25.2 Å². The lowest BCUT2D eigenvalue weighted by Gasteiger charge is -2.36. The molecule has 0 aromatic carbocycles. The van der Waals surface area contributed by atoms with Gasteiger partial charge in [0.1, 0.15) is 0 Å². The van der Waals surface area contributed by atoms with Crippen molar-refractivity contribution < 1.29 is 0 Å². The summed E-state index contributed by atoms with van der Waals surface area (Å²) < 4.78 is 0. The summed E-state index contributed by atoms with van der Waals surface area (Å²) in [4.78, 5) is 0. The number of hydrogen-bond acceptors (Lipinski definition) is 1. The second-order valence-electron chi connectivity index (χ2n) is 10.8. The molecule has 0 aliphatic heterocycles. The van der Waals surface area contributed by atoms with Crippen LogP contribution in [0, 0.1) is 5.92 Å². The third kappa shape index (κ3) is 20.8. The van der Waals surface area contributed by atoms with E-state index in [1.165, 1.54) is 154 Å². The molecule has 0 heterocycles. The van der Waals surface area contributed by atoms with E-state index in [9.17, 15) is 0 Å². The van der Waals surface area contributed by atoms with Gasteiger partial charge in [0.25, 0.3) is 0 Å². The van der Waals surface area contributed by atoms with E-state index in [2.05, 4.69) is 27.7 Å². The van der Waals surface area contributed by atoms with E-state index in [0.717, 1.165) is 0 Å². The fourth-order valence-electron chi connectivity index (χ4n) is 5.14. The average Bonchev–Trinajstić information content (AvgIpc) is 2.77. The number of hydrogen-bond donors (Lipinski definition) is 1. The Labute approximate surface area is 211 Å². The summed E-state index contributed by atoms with van der Waals surface area (Å²) in [5, 5.41) is 0. The summed E-state index contributed by atoms with van der Waals surface area (Å²) in [6.45, 7) is 9.39. The normalized spacial score (nSPS) is 12.7. The fourth-order valence-corrected chi connectivity index (χ4v) is 5.14. The van der Waals surface area contributed by atoms with Crippen molar-refractivity contribution in [3.63, 3.8) is 0 Å². The van der Waals surface area contributed by atoms with Crippen LogP contribution in [0.3, 0.4) is 0 Å². The number of unbranched alkanes of at least 4 members (excludes halogenated alkanes) is 18. The minimum atomic E-state index is 0. The first-order valence-electron chi connectivity index (χ1n) is 14.9. The van der Waals surface area contributed by atoms with Crippen molar-refractivity contribution in [1.82, 2.24) is 0 Å². The van der Waals surface area contributed by atoms with E-state index >= 15 is 0 Å². The van der Waals surface area contributed by atoms with Gasteiger partial charge in [-0.1, -0.05) is 163 Å². The second kappa shape index (κ2) is 25.9. The highest BCUT2D eigenvalue weighted by Gasteiger charge is 2.30. The molecule has 2 heteroatoms. The Hall–Kier alpha value is 0.250. The molecule has 0 amide bonds. The Balaban J connectivity index is 0. The zero-order chi connectivity index (χ0) is 23.0. The number of rotatable bonds is 25. The van der Waals surface area contributed by atoms with Crippen LogP contribution in [0.5, 0.6) is 0 Å². The minimum Gasteiger partial charge on any atom is -0.325 e. The third-order valence-corrected chi connectivity index (χ3v) is 7.71. The van der Waals surface area contributed by atoms with Crippen molar-refractivity contribution in [3.05, 3.63) is 0 Å². The molecule has 0 rings (SSSR count). The minimum absolute atomic E-state index is 0. The maximum atomic E-state index is 7.15. The smallest absolute Gasteiger partial charge is 0.0180 e. The first-order chi connectivity index (χ1) is 15.1. The van der Waals surface area contributed by atoms with Gasteiger partial charge in [-0.2, -0.15) is 0 Å². The highest BCUT2D eigenvalue weighted by atomic mass is 35.5. The van der Waals surface area contributed by atoms with Gasteiger partial charge >= 0.3 is 0 Å². The quantitative estimate of drug-likeness (QED) is 0.131. The van der Waals surface area contributed by atoms with Gasteiger partial charge in [-0.3, -0.25) is 0 Å². The maximum Gasteiger partial charge on any atom is 0.0180 e. The summed E-state index contributed by atoms with van der Waals surface area (Å²) in [5.74, 6) is 0.684. The monoisotopic (exact) mass is 473 g/mol. The molecule has 0 radical (unpaired) electrons. The van der Waals surface area contributed by atoms with E-state index in [0.29, 0.717) is 5.92 Å². The Morgan fingerprint density at radius 2 is 0.750 bits per heavy atom. The molecule has 0 aromatic heterocycles. The van der Waals surface area contributed by atoms with Crippen molar-refractivity contribution in [2.24, 2.45) is 11.7 Å². The van der Waals surface area contributed by atoms with Crippen LogP contribution >= 0.6 is 12.4 Å². The molecular formula is C30H64ClN. The van der Waals surface area contributed by atoms with Crippen LogP contribution in [-0.4, -0.2) is 5.54 Å². The van der Waals surface area contributed by atoms with Crippen LogP contribution < -0.4 is 5.73 Å². The fraction of sp³-hybridized carbons (Fsp3) is 1.00. The third-order valence-electron chi connectivity index (χ3n) is 7.71. The molecule has 0 aromatic rings. The van der Waals surface area contributed by atoms with Crippen molar-refractivity contribution in [2.45, 2.75) is 187 Å². The SMILES string of the molecule is CCCCCCCCCC(C)C(N)(CCCCCCCCC)CCCCCCCCC.Cl. The first-order valence-corrected chi connectivity index (χ1v) is 14.9. The Morgan fingerprint density at radius 3 is 1.09 bits per heavy atom. The summed E-state index contributed by atoms with van der Waals surface area (Å²) in [5.41, 5.74) is 7.24. The van der Waals surface area contributed by atoms with E-state index in [1.807, 2.05) is 0 Å². The molecule has 2 N–H and O–H groups in total. The predicted molar refractivity (Wildman–Crippen MR) is 151 cm³/mol. The summed E-state index contributed by atoms with van der Waals surface area (Å²) in [7, 11) is 0. The molecule has 32 heavy (non-hydrogen) atoms. The highest BCUT2D eigenvalue weighted by molar-refractivity contribution is 5.85. The standard InChI is InChI=1S/C30H63N.ClH/c1-5-8-11-14-17-20-23-26-29(4)30(31,27-24-21-18-15-12-9-6-2)28-25-22-19-16-13-10-7-3;/h29H,5-28,31H2,1-4H3;1H. The predicted octanol–water partition coefficient (Wildman–Crippen LogP) is 11.2. The Kier molecular flexibility index (Phi) is 27.8.